The fourth-order valence-corrected chi connectivity index (χ4v) is 0.712. The van der Waals surface area contributed by atoms with Crippen LogP contribution in [-0.4, -0.2) is 0 Å². The molecule has 0 saturated carbocycles. The van der Waals surface area contributed by atoms with Gasteiger partial charge in [-0.1, -0.05) is 13.0 Å². The van der Waals surface area contributed by atoms with Gasteiger partial charge in [0.25, 0.3) is 0 Å². The molecule has 1 aromatic rings. The smallest absolute Gasteiger partial charge is 0.199 e. The van der Waals surface area contributed by atoms with Crippen molar-refractivity contribution in [2.75, 3.05) is 0 Å². The van der Waals surface area contributed by atoms with E-state index in [2.05, 4.69) is 26.0 Å². The molecule has 0 aromatic heterocycles. The maximum absolute atomic E-state index is 3.78. The number of hydrogen-bond acceptors (Lipinski definition) is 0. The van der Waals surface area contributed by atoms with Crippen molar-refractivity contribution in [1.29, 1.82) is 0 Å². The zero-order valence-corrected chi connectivity index (χ0v) is 8.43. The van der Waals surface area contributed by atoms with E-state index in [0.717, 1.165) is 5.56 Å². The van der Waals surface area contributed by atoms with Gasteiger partial charge in [-0.05, 0) is 0 Å². The molecule has 1 heteroatoms. The molecule has 0 aliphatic rings. The summed E-state index contributed by atoms with van der Waals surface area (Å²) in [5, 5.41) is 0. The van der Waals surface area contributed by atoms with E-state index in [1.54, 1.807) is 0 Å². The quantitative estimate of drug-likeness (QED) is 0.555. The van der Waals surface area contributed by atoms with Crippen molar-refractivity contribution in [2.24, 2.45) is 0 Å². The first-order valence-corrected chi connectivity index (χ1v) is 2.67. The second-order valence-corrected chi connectivity index (χ2v) is 1.99. The van der Waals surface area contributed by atoms with E-state index in [1.165, 1.54) is 5.56 Å². The van der Waals surface area contributed by atoms with E-state index in [4.69, 9.17) is 0 Å². The maximum atomic E-state index is 3.78. The Bertz CT molecular complexity index is 164. The molecule has 9 heavy (non-hydrogen) atoms. The van der Waals surface area contributed by atoms with Crippen molar-refractivity contribution in [1.82, 2.24) is 0 Å². The minimum absolute atomic E-state index is 0. The van der Waals surface area contributed by atoms with Gasteiger partial charge in [-0.15, -0.1) is 11.6 Å². The van der Waals surface area contributed by atoms with Gasteiger partial charge in [0.15, 0.2) is 0 Å². The zero-order chi connectivity index (χ0) is 5.98. The van der Waals surface area contributed by atoms with Crippen molar-refractivity contribution in [2.45, 2.75) is 6.92 Å². The van der Waals surface area contributed by atoms with Gasteiger partial charge in [0.1, 0.15) is 0 Å². The monoisotopic (exact) mass is 194 g/mol. The van der Waals surface area contributed by atoms with Crippen molar-refractivity contribution in [3.63, 3.8) is 0 Å². The predicted molar refractivity (Wildman–Crippen MR) is 35.6 cm³/mol. The molecule has 0 aliphatic heterocycles. The average Bonchev–Trinajstić information content (AvgIpc) is 1.64. The van der Waals surface area contributed by atoms with Gasteiger partial charge in [0.2, 0.25) is 0 Å². The number of hydrogen-bond donors (Lipinski definition) is 0. The third-order valence-electron chi connectivity index (χ3n) is 1.08. The van der Waals surface area contributed by atoms with E-state index < -0.39 is 0 Å². The van der Waals surface area contributed by atoms with Crippen LogP contribution in [0.4, 0.5) is 0 Å². The van der Waals surface area contributed by atoms with Crippen LogP contribution in [0, 0.1) is 13.8 Å². The standard InChI is InChI=1S/C8H9.Y/c1-7-4-3-5-8(2)6-7;/h3-6H,1H2,2H3;/q-1;+3. The van der Waals surface area contributed by atoms with Crippen LogP contribution in [0.25, 0.3) is 0 Å². The summed E-state index contributed by atoms with van der Waals surface area (Å²) in [6.45, 7) is 5.85. The Hall–Kier alpha value is 0.194. The minimum atomic E-state index is 0. The summed E-state index contributed by atoms with van der Waals surface area (Å²) in [5.74, 6) is 0. The molecule has 0 radical (unpaired) electrons. The molecule has 0 saturated heterocycles. The van der Waals surface area contributed by atoms with Gasteiger partial charge in [-0.25, -0.2) is 0 Å². The van der Waals surface area contributed by atoms with Crippen molar-refractivity contribution < 1.29 is 32.7 Å². The van der Waals surface area contributed by atoms with Gasteiger partial charge >= 0.3 is 32.7 Å². The summed E-state index contributed by atoms with van der Waals surface area (Å²) < 4.78 is 0. The van der Waals surface area contributed by atoms with Crippen molar-refractivity contribution >= 4 is 0 Å². The van der Waals surface area contributed by atoms with E-state index >= 15 is 0 Å². The third kappa shape index (κ3) is 3.03. The summed E-state index contributed by atoms with van der Waals surface area (Å²) in [5.41, 5.74) is 2.36. The molecule has 0 bridgehead atoms. The molecular weight excluding hydrogens is 185 g/mol. The van der Waals surface area contributed by atoms with Gasteiger partial charge < -0.3 is 0 Å². The molecular formula is C8H9Y+2. The molecule has 1 aromatic carbocycles. The Labute approximate surface area is 81.5 Å². The summed E-state index contributed by atoms with van der Waals surface area (Å²) in [6, 6.07) is 8.12. The first kappa shape index (κ1) is 9.19. The molecule has 0 heterocycles. The van der Waals surface area contributed by atoms with E-state index in [9.17, 15) is 0 Å². The SMILES string of the molecule is [CH2-]c1cccc(C)c1.[Y+3]. The van der Waals surface area contributed by atoms with Crippen molar-refractivity contribution in [3.05, 3.63) is 42.3 Å². The largest absolute Gasteiger partial charge is 3.00 e. The van der Waals surface area contributed by atoms with E-state index in [1.807, 2.05) is 12.1 Å². The Kier molecular flexibility index (Phi) is 4.17. The molecule has 42 valence electrons. The van der Waals surface area contributed by atoms with E-state index in [-0.39, 0.29) is 32.7 Å². The zero-order valence-electron chi connectivity index (χ0n) is 5.59. The maximum Gasteiger partial charge on any atom is 3.00 e. The topological polar surface area (TPSA) is 0 Å². The number of rotatable bonds is 0. The molecule has 0 N–H and O–H groups in total. The first-order chi connectivity index (χ1) is 3.79. The minimum Gasteiger partial charge on any atom is -0.199 e. The molecule has 0 nitrogen and oxygen atoms in total. The summed E-state index contributed by atoms with van der Waals surface area (Å²) >= 11 is 0. The van der Waals surface area contributed by atoms with Gasteiger partial charge in [-0.3, -0.25) is 0 Å². The second kappa shape index (κ2) is 4.08. The molecule has 0 atom stereocenters. The molecule has 0 unspecified atom stereocenters. The molecule has 0 fully saturated rings. The van der Waals surface area contributed by atoms with Crippen LogP contribution >= 0.6 is 0 Å². The molecule has 0 amide bonds. The number of aryl methyl sites for hydroxylation is 1. The van der Waals surface area contributed by atoms with Crippen LogP contribution in [-0.2, 0) is 32.7 Å². The molecule has 0 spiro atoms. The van der Waals surface area contributed by atoms with E-state index in [0.29, 0.717) is 0 Å². The first-order valence-electron chi connectivity index (χ1n) is 2.67. The Morgan fingerprint density at radius 3 is 2.33 bits per heavy atom. The van der Waals surface area contributed by atoms with Crippen LogP contribution in [0.3, 0.4) is 0 Å². The van der Waals surface area contributed by atoms with Crippen LogP contribution in [0.5, 0.6) is 0 Å². The predicted octanol–water partition coefficient (Wildman–Crippen LogP) is 2.17. The second-order valence-electron chi connectivity index (χ2n) is 1.99. The van der Waals surface area contributed by atoms with Crippen LogP contribution in [0.2, 0.25) is 0 Å². The Morgan fingerprint density at radius 2 is 2.00 bits per heavy atom. The fraction of sp³-hybridized carbons (Fsp3) is 0.125. The Balaban J connectivity index is 0.000000640. The van der Waals surface area contributed by atoms with Crippen LogP contribution in [0.1, 0.15) is 11.1 Å². The average molecular weight is 194 g/mol. The van der Waals surface area contributed by atoms with Gasteiger partial charge in [0.05, 0.1) is 0 Å². The molecule has 0 aliphatic carbocycles. The summed E-state index contributed by atoms with van der Waals surface area (Å²) in [6.07, 6.45) is 0. The Morgan fingerprint density at radius 1 is 1.33 bits per heavy atom. The van der Waals surface area contributed by atoms with Crippen LogP contribution < -0.4 is 0 Å². The van der Waals surface area contributed by atoms with Gasteiger partial charge in [-0.2, -0.15) is 24.6 Å². The fourth-order valence-electron chi connectivity index (χ4n) is 0.712. The third-order valence-corrected chi connectivity index (χ3v) is 1.08. The number of benzene rings is 1. The molecule has 1 rings (SSSR count). The summed E-state index contributed by atoms with van der Waals surface area (Å²) in [4.78, 5) is 0. The van der Waals surface area contributed by atoms with Gasteiger partial charge in [0, 0.05) is 0 Å². The van der Waals surface area contributed by atoms with Crippen LogP contribution in [0.15, 0.2) is 24.3 Å². The normalized spacial score (nSPS) is 8.11. The summed E-state index contributed by atoms with van der Waals surface area (Å²) in [7, 11) is 0. The van der Waals surface area contributed by atoms with Crippen molar-refractivity contribution in [3.8, 4) is 0 Å².